The largest absolute Gasteiger partial charge is 0.508 e. The predicted octanol–water partition coefficient (Wildman–Crippen LogP) is 3.39. The Hall–Kier alpha value is -2.04. The Morgan fingerprint density at radius 2 is 1.04 bits per heavy atom. The molecule has 0 amide bonds. The maximum atomic E-state index is 9.29. The molecule has 23 heavy (non-hydrogen) atoms. The number of aliphatic hydroxyl groups is 2. The molecule has 0 aliphatic rings. The standard InChI is InChI=1S/C15H16O2.C4H10O2/c1-2-15(11-3-7-13(16)8-4-11)12-5-9-14(17)10-6-12;5-3-1-2-4-6/h3-10,15-17H,2H2,1H3;5-6H,1-4H2. The van der Waals surface area contributed by atoms with Gasteiger partial charge in [0.1, 0.15) is 11.5 Å². The van der Waals surface area contributed by atoms with Crippen molar-refractivity contribution in [2.45, 2.75) is 32.1 Å². The number of unbranched alkanes of at least 4 members (excludes halogenated alkanes) is 1. The fourth-order valence-electron chi connectivity index (χ4n) is 2.30. The van der Waals surface area contributed by atoms with E-state index in [1.54, 1.807) is 24.3 Å². The van der Waals surface area contributed by atoms with Crippen LogP contribution in [0.25, 0.3) is 0 Å². The van der Waals surface area contributed by atoms with Crippen LogP contribution in [0.3, 0.4) is 0 Å². The molecule has 0 atom stereocenters. The number of hydrogen-bond acceptors (Lipinski definition) is 4. The van der Waals surface area contributed by atoms with Gasteiger partial charge in [-0.15, -0.1) is 0 Å². The van der Waals surface area contributed by atoms with Gasteiger partial charge in [-0.05, 0) is 54.7 Å². The summed E-state index contributed by atoms with van der Waals surface area (Å²) in [6.45, 7) is 2.52. The first-order valence-corrected chi connectivity index (χ1v) is 7.92. The quantitative estimate of drug-likeness (QED) is 0.615. The van der Waals surface area contributed by atoms with Crippen molar-refractivity contribution < 1.29 is 20.4 Å². The number of hydrogen-bond donors (Lipinski definition) is 4. The highest BCUT2D eigenvalue weighted by Gasteiger charge is 2.11. The van der Waals surface area contributed by atoms with Crippen LogP contribution in [0, 0.1) is 0 Å². The Balaban J connectivity index is 0.000000379. The summed E-state index contributed by atoms with van der Waals surface area (Å²) < 4.78 is 0. The first-order chi connectivity index (χ1) is 11.1. The third-order valence-electron chi connectivity index (χ3n) is 3.57. The fraction of sp³-hybridized carbons (Fsp3) is 0.368. The van der Waals surface area contributed by atoms with Crippen molar-refractivity contribution in [3.05, 3.63) is 59.7 Å². The minimum Gasteiger partial charge on any atom is -0.508 e. The summed E-state index contributed by atoms with van der Waals surface area (Å²) in [5, 5.41) is 34.7. The minimum atomic E-state index is 0.195. The van der Waals surface area contributed by atoms with Gasteiger partial charge in [0.15, 0.2) is 0 Å². The average molecular weight is 318 g/mol. The lowest BCUT2D eigenvalue weighted by Crippen LogP contribution is -1.98. The molecule has 0 fully saturated rings. The van der Waals surface area contributed by atoms with Crippen molar-refractivity contribution in [1.82, 2.24) is 0 Å². The van der Waals surface area contributed by atoms with Crippen LogP contribution >= 0.6 is 0 Å². The second-order valence-electron chi connectivity index (χ2n) is 5.30. The monoisotopic (exact) mass is 318 g/mol. The molecule has 0 aliphatic heterocycles. The van der Waals surface area contributed by atoms with Crippen LogP contribution in [-0.2, 0) is 0 Å². The van der Waals surface area contributed by atoms with Gasteiger partial charge in [0.05, 0.1) is 0 Å². The summed E-state index contributed by atoms with van der Waals surface area (Å²) in [5.74, 6) is 0.875. The highest BCUT2D eigenvalue weighted by molar-refractivity contribution is 5.37. The molecule has 2 aromatic carbocycles. The lowest BCUT2D eigenvalue weighted by Gasteiger charge is -2.16. The molecule has 0 radical (unpaired) electrons. The number of benzene rings is 2. The third kappa shape index (κ3) is 6.72. The Kier molecular flexibility index (Phi) is 8.80. The van der Waals surface area contributed by atoms with E-state index in [2.05, 4.69) is 6.92 Å². The summed E-state index contributed by atoms with van der Waals surface area (Å²) in [7, 11) is 0. The molecular formula is C19H26O4. The van der Waals surface area contributed by atoms with Gasteiger partial charge in [-0.2, -0.15) is 0 Å². The van der Waals surface area contributed by atoms with Crippen LogP contribution in [-0.4, -0.2) is 33.6 Å². The molecule has 0 spiro atoms. The van der Waals surface area contributed by atoms with Crippen LogP contribution in [0.15, 0.2) is 48.5 Å². The van der Waals surface area contributed by atoms with Crippen LogP contribution in [0.5, 0.6) is 11.5 Å². The smallest absolute Gasteiger partial charge is 0.115 e. The molecule has 0 unspecified atom stereocenters. The molecule has 0 saturated heterocycles. The Morgan fingerprint density at radius 1 is 0.696 bits per heavy atom. The maximum absolute atomic E-state index is 9.29. The van der Waals surface area contributed by atoms with E-state index in [-0.39, 0.29) is 24.7 Å². The Bertz CT molecular complexity index is 485. The zero-order valence-corrected chi connectivity index (χ0v) is 13.5. The predicted molar refractivity (Wildman–Crippen MR) is 91.8 cm³/mol. The van der Waals surface area contributed by atoms with Crippen molar-refractivity contribution in [2.24, 2.45) is 0 Å². The van der Waals surface area contributed by atoms with Crippen molar-refractivity contribution in [1.29, 1.82) is 0 Å². The van der Waals surface area contributed by atoms with Gasteiger partial charge in [-0.3, -0.25) is 0 Å². The second-order valence-corrected chi connectivity index (χ2v) is 5.30. The molecule has 0 bridgehead atoms. The summed E-state index contributed by atoms with van der Waals surface area (Å²) >= 11 is 0. The van der Waals surface area contributed by atoms with Gasteiger partial charge in [-0.1, -0.05) is 31.2 Å². The van der Waals surface area contributed by atoms with Gasteiger partial charge in [0.25, 0.3) is 0 Å². The summed E-state index contributed by atoms with van der Waals surface area (Å²) in [6, 6.07) is 14.6. The van der Waals surface area contributed by atoms with E-state index in [1.165, 1.54) is 11.1 Å². The first-order valence-electron chi connectivity index (χ1n) is 7.92. The van der Waals surface area contributed by atoms with Crippen molar-refractivity contribution >= 4 is 0 Å². The van der Waals surface area contributed by atoms with Crippen LogP contribution in [0.2, 0.25) is 0 Å². The molecule has 2 aromatic rings. The molecule has 0 aromatic heterocycles. The lowest BCUT2D eigenvalue weighted by atomic mass is 9.89. The fourth-order valence-corrected chi connectivity index (χ4v) is 2.30. The van der Waals surface area contributed by atoms with E-state index in [1.807, 2.05) is 24.3 Å². The van der Waals surface area contributed by atoms with Gasteiger partial charge >= 0.3 is 0 Å². The Labute approximate surface area is 137 Å². The van der Waals surface area contributed by atoms with Crippen molar-refractivity contribution in [2.75, 3.05) is 13.2 Å². The van der Waals surface area contributed by atoms with E-state index in [0.29, 0.717) is 5.92 Å². The molecule has 2 rings (SSSR count). The normalized spacial score (nSPS) is 10.3. The van der Waals surface area contributed by atoms with Crippen molar-refractivity contribution in [3.8, 4) is 11.5 Å². The number of phenolic OH excluding ortho intramolecular Hbond substituents is 2. The number of aromatic hydroxyl groups is 2. The zero-order valence-electron chi connectivity index (χ0n) is 13.5. The highest BCUT2D eigenvalue weighted by Crippen LogP contribution is 2.29. The van der Waals surface area contributed by atoms with Crippen LogP contribution < -0.4 is 0 Å². The zero-order chi connectivity index (χ0) is 17.1. The molecule has 0 heterocycles. The van der Waals surface area contributed by atoms with E-state index >= 15 is 0 Å². The molecule has 0 saturated carbocycles. The summed E-state index contributed by atoms with van der Waals surface area (Å²) in [5.41, 5.74) is 2.35. The highest BCUT2D eigenvalue weighted by atomic mass is 16.3. The van der Waals surface area contributed by atoms with Crippen LogP contribution in [0.1, 0.15) is 43.2 Å². The Morgan fingerprint density at radius 3 is 1.30 bits per heavy atom. The number of phenols is 2. The van der Waals surface area contributed by atoms with E-state index in [0.717, 1.165) is 19.3 Å². The average Bonchev–Trinajstić information content (AvgIpc) is 2.57. The molecule has 126 valence electrons. The summed E-state index contributed by atoms with van der Waals surface area (Å²) in [6.07, 6.45) is 2.42. The van der Waals surface area contributed by atoms with E-state index in [4.69, 9.17) is 10.2 Å². The molecule has 4 heteroatoms. The van der Waals surface area contributed by atoms with Crippen LogP contribution in [0.4, 0.5) is 0 Å². The topological polar surface area (TPSA) is 80.9 Å². The minimum absolute atomic E-state index is 0.195. The number of aliphatic hydroxyl groups excluding tert-OH is 2. The molecule has 4 N–H and O–H groups in total. The van der Waals surface area contributed by atoms with Gasteiger partial charge in [0, 0.05) is 19.1 Å². The van der Waals surface area contributed by atoms with Gasteiger partial charge in [-0.25, -0.2) is 0 Å². The van der Waals surface area contributed by atoms with Crippen molar-refractivity contribution in [3.63, 3.8) is 0 Å². The number of rotatable bonds is 6. The second kappa shape index (κ2) is 10.6. The lowest BCUT2D eigenvalue weighted by molar-refractivity contribution is 0.242. The van der Waals surface area contributed by atoms with E-state index < -0.39 is 0 Å². The SMILES string of the molecule is CCC(c1ccc(O)cc1)c1ccc(O)cc1.OCCCCO. The molecule has 0 aliphatic carbocycles. The van der Waals surface area contributed by atoms with E-state index in [9.17, 15) is 10.2 Å². The summed E-state index contributed by atoms with van der Waals surface area (Å²) in [4.78, 5) is 0. The first kappa shape index (κ1) is 19.0. The third-order valence-corrected chi connectivity index (χ3v) is 3.57. The molecule has 4 nitrogen and oxygen atoms in total. The van der Waals surface area contributed by atoms with Gasteiger partial charge < -0.3 is 20.4 Å². The molecular weight excluding hydrogens is 292 g/mol. The van der Waals surface area contributed by atoms with Gasteiger partial charge in [0.2, 0.25) is 0 Å². The maximum Gasteiger partial charge on any atom is 0.115 e.